The quantitative estimate of drug-likeness (QED) is 0.883. The van der Waals surface area contributed by atoms with Gasteiger partial charge < -0.3 is 20.5 Å². The number of hydrogen-bond donors (Lipinski definition) is 2. The molecular formula is C18H18N2O4S. The number of nitrogens with one attached hydrogen (secondary N) is 1. The van der Waals surface area contributed by atoms with E-state index >= 15 is 0 Å². The molecule has 0 saturated heterocycles. The first kappa shape index (κ1) is 16.0. The molecule has 0 unspecified atom stereocenters. The van der Waals surface area contributed by atoms with Crippen molar-refractivity contribution in [1.82, 2.24) is 0 Å². The van der Waals surface area contributed by atoms with Crippen molar-refractivity contribution in [2.24, 2.45) is 5.73 Å². The van der Waals surface area contributed by atoms with E-state index in [1.54, 1.807) is 18.2 Å². The van der Waals surface area contributed by atoms with Gasteiger partial charge in [-0.05, 0) is 49.4 Å². The highest BCUT2D eigenvalue weighted by Gasteiger charge is 2.25. The van der Waals surface area contributed by atoms with Gasteiger partial charge in [0.2, 0.25) is 0 Å². The molecule has 0 radical (unpaired) electrons. The lowest BCUT2D eigenvalue weighted by Crippen LogP contribution is -2.19. The number of fused-ring (bicyclic) bond motifs is 2. The number of benzene rings is 1. The minimum Gasteiger partial charge on any atom is -0.486 e. The van der Waals surface area contributed by atoms with E-state index in [1.807, 2.05) is 0 Å². The lowest BCUT2D eigenvalue weighted by molar-refractivity contribution is 0.100. The predicted molar refractivity (Wildman–Crippen MR) is 94.9 cm³/mol. The highest BCUT2D eigenvalue weighted by atomic mass is 32.1. The zero-order chi connectivity index (χ0) is 17.4. The van der Waals surface area contributed by atoms with Gasteiger partial charge >= 0.3 is 0 Å². The van der Waals surface area contributed by atoms with Crippen LogP contribution in [0.3, 0.4) is 0 Å². The Morgan fingerprint density at radius 2 is 1.84 bits per heavy atom. The third kappa shape index (κ3) is 2.95. The maximum atomic E-state index is 12.6. The largest absolute Gasteiger partial charge is 0.486 e. The molecule has 2 amide bonds. The van der Waals surface area contributed by atoms with E-state index < -0.39 is 5.91 Å². The van der Waals surface area contributed by atoms with Crippen LogP contribution in [0.4, 0.5) is 5.00 Å². The highest BCUT2D eigenvalue weighted by molar-refractivity contribution is 7.17. The Bertz CT molecular complexity index is 859. The number of hydrogen-bond acceptors (Lipinski definition) is 5. The summed E-state index contributed by atoms with van der Waals surface area (Å²) in [5.41, 5.74) is 7.48. The SMILES string of the molecule is NC(=O)c1c(NC(=O)c2ccc3c(c2)OCCO3)sc2c1CCCC2. The fourth-order valence-corrected chi connectivity index (χ4v) is 4.56. The molecule has 2 aliphatic rings. The standard InChI is InChI=1S/C18H18N2O4S/c19-16(21)15-11-3-1-2-4-14(11)25-18(15)20-17(22)10-5-6-12-13(9-10)24-8-7-23-12/h5-6,9H,1-4,7-8H2,(H2,19,21)(H,20,22). The topological polar surface area (TPSA) is 90.7 Å². The van der Waals surface area contributed by atoms with Crippen molar-refractivity contribution in [2.45, 2.75) is 25.7 Å². The van der Waals surface area contributed by atoms with Crippen LogP contribution >= 0.6 is 11.3 Å². The monoisotopic (exact) mass is 358 g/mol. The first-order chi connectivity index (χ1) is 12.1. The molecule has 1 aliphatic carbocycles. The van der Waals surface area contributed by atoms with Crippen LogP contribution in [0.2, 0.25) is 0 Å². The third-order valence-electron chi connectivity index (χ3n) is 4.45. The number of aryl methyl sites for hydroxylation is 1. The smallest absolute Gasteiger partial charge is 0.256 e. The second-order valence-corrected chi connectivity index (χ2v) is 7.20. The molecule has 0 bridgehead atoms. The van der Waals surface area contributed by atoms with Gasteiger partial charge in [-0.2, -0.15) is 0 Å². The van der Waals surface area contributed by atoms with Crippen LogP contribution in [0, 0.1) is 0 Å². The summed E-state index contributed by atoms with van der Waals surface area (Å²) < 4.78 is 11.0. The van der Waals surface area contributed by atoms with E-state index in [1.165, 1.54) is 11.3 Å². The third-order valence-corrected chi connectivity index (χ3v) is 5.66. The molecule has 1 aromatic heterocycles. The van der Waals surface area contributed by atoms with Gasteiger partial charge in [0, 0.05) is 10.4 Å². The fraction of sp³-hybridized carbons (Fsp3) is 0.333. The number of thiophene rings is 1. The summed E-state index contributed by atoms with van der Waals surface area (Å²) in [5, 5.41) is 3.40. The average molecular weight is 358 g/mol. The maximum Gasteiger partial charge on any atom is 0.256 e. The molecule has 1 aliphatic heterocycles. The van der Waals surface area contributed by atoms with Gasteiger partial charge in [0.25, 0.3) is 11.8 Å². The van der Waals surface area contributed by atoms with E-state index in [4.69, 9.17) is 15.2 Å². The van der Waals surface area contributed by atoms with Crippen LogP contribution in [0.25, 0.3) is 0 Å². The van der Waals surface area contributed by atoms with E-state index in [9.17, 15) is 9.59 Å². The number of anilines is 1. The van der Waals surface area contributed by atoms with Gasteiger partial charge in [-0.15, -0.1) is 11.3 Å². The van der Waals surface area contributed by atoms with Gasteiger partial charge in [-0.25, -0.2) is 0 Å². The Kier molecular flexibility index (Phi) is 4.09. The molecule has 0 fully saturated rings. The normalized spacial score (nSPS) is 15.4. The second-order valence-electron chi connectivity index (χ2n) is 6.09. The summed E-state index contributed by atoms with van der Waals surface area (Å²) in [4.78, 5) is 25.7. The Morgan fingerprint density at radius 3 is 2.64 bits per heavy atom. The van der Waals surface area contributed by atoms with Gasteiger partial charge in [0.05, 0.1) is 5.56 Å². The van der Waals surface area contributed by atoms with E-state index in [-0.39, 0.29) is 5.91 Å². The van der Waals surface area contributed by atoms with Crippen molar-refractivity contribution in [3.8, 4) is 11.5 Å². The molecule has 130 valence electrons. The van der Waals surface area contributed by atoms with Crippen LogP contribution in [-0.2, 0) is 12.8 Å². The number of carbonyl (C=O) groups is 2. The van der Waals surface area contributed by atoms with Gasteiger partial charge in [-0.3, -0.25) is 9.59 Å². The van der Waals surface area contributed by atoms with Gasteiger partial charge in [0.1, 0.15) is 18.2 Å². The molecule has 0 spiro atoms. The molecule has 4 rings (SSSR count). The maximum absolute atomic E-state index is 12.6. The number of nitrogens with two attached hydrogens (primary N) is 1. The summed E-state index contributed by atoms with van der Waals surface area (Å²) in [7, 11) is 0. The van der Waals surface area contributed by atoms with Crippen molar-refractivity contribution in [2.75, 3.05) is 18.5 Å². The molecule has 0 atom stereocenters. The molecular weight excluding hydrogens is 340 g/mol. The molecule has 2 aromatic rings. The van der Waals surface area contributed by atoms with Crippen molar-refractivity contribution in [3.63, 3.8) is 0 Å². The number of rotatable bonds is 3. The lowest BCUT2D eigenvalue weighted by Gasteiger charge is -2.18. The molecule has 6 nitrogen and oxygen atoms in total. The Balaban J connectivity index is 1.63. The second kappa shape index (κ2) is 6.40. The Hall–Kier alpha value is -2.54. The lowest BCUT2D eigenvalue weighted by atomic mass is 9.95. The highest BCUT2D eigenvalue weighted by Crippen LogP contribution is 2.38. The van der Waals surface area contributed by atoms with E-state index in [2.05, 4.69) is 5.32 Å². The molecule has 1 aromatic carbocycles. The summed E-state index contributed by atoms with van der Waals surface area (Å²) in [6, 6.07) is 5.05. The van der Waals surface area contributed by atoms with Crippen molar-refractivity contribution >= 4 is 28.2 Å². The number of carbonyl (C=O) groups excluding carboxylic acids is 2. The number of ether oxygens (including phenoxy) is 2. The Labute approximate surface area is 148 Å². The summed E-state index contributed by atoms with van der Waals surface area (Å²) in [6.45, 7) is 0.961. The Morgan fingerprint density at radius 1 is 1.08 bits per heavy atom. The summed E-state index contributed by atoms with van der Waals surface area (Å²) in [6.07, 6.45) is 3.91. The van der Waals surface area contributed by atoms with Crippen LogP contribution < -0.4 is 20.5 Å². The van der Waals surface area contributed by atoms with Crippen molar-refractivity contribution < 1.29 is 19.1 Å². The van der Waals surface area contributed by atoms with Crippen LogP contribution in [0.15, 0.2) is 18.2 Å². The molecule has 2 heterocycles. The summed E-state index contributed by atoms with van der Waals surface area (Å²) in [5.74, 6) is 0.404. The van der Waals surface area contributed by atoms with Gasteiger partial charge in [-0.1, -0.05) is 0 Å². The van der Waals surface area contributed by atoms with E-state index in [0.29, 0.717) is 40.8 Å². The first-order valence-corrected chi connectivity index (χ1v) is 9.10. The van der Waals surface area contributed by atoms with Crippen LogP contribution in [0.1, 0.15) is 44.0 Å². The predicted octanol–water partition coefficient (Wildman–Crippen LogP) is 2.75. The number of primary amides is 1. The van der Waals surface area contributed by atoms with Crippen LogP contribution in [0.5, 0.6) is 11.5 Å². The number of amides is 2. The minimum absolute atomic E-state index is 0.293. The molecule has 7 heteroatoms. The van der Waals surface area contributed by atoms with E-state index in [0.717, 1.165) is 36.1 Å². The summed E-state index contributed by atoms with van der Waals surface area (Å²) >= 11 is 1.45. The van der Waals surface area contributed by atoms with Crippen molar-refractivity contribution in [3.05, 3.63) is 39.8 Å². The minimum atomic E-state index is -0.489. The molecule has 0 saturated carbocycles. The zero-order valence-corrected chi connectivity index (χ0v) is 14.4. The molecule has 3 N–H and O–H groups in total. The molecule has 25 heavy (non-hydrogen) atoms. The zero-order valence-electron chi connectivity index (χ0n) is 13.6. The van der Waals surface area contributed by atoms with Gasteiger partial charge in [0.15, 0.2) is 11.5 Å². The van der Waals surface area contributed by atoms with Crippen molar-refractivity contribution in [1.29, 1.82) is 0 Å². The average Bonchev–Trinajstić information content (AvgIpc) is 2.99. The van der Waals surface area contributed by atoms with Crippen LogP contribution in [-0.4, -0.2) is 25.0 Å². The fourth-order valence-electron chi connectivity index (χ4n) is 3.27. The first-order valence-electron chi connectivity index (χ1n) is 8.29.